The Kier molecular flexibility index (Phi) is 3.89. The van der Waals surface area contributed by atoms with E-state index in [0.29, 0.717) is 15.7 Å². The van der Waals surface area contributed by atoms with Crippen molar-refractivity contribution in [2.75, 3.05) is 5.32 Å². The molecule has 0 spiro atoms. The lowest BCUT2D eigenvalue weighted by molar-refractivity contribution is 0.282. The third kappa shape index (κ3) is 2.69. The number of nitrogens with one attached hydrogen (secondary N) is 1. The monoisotopic (exact) mass is 261 g/mol. The van der Waals surface area contributed by atoms with Gasteiger partial charge in [-0.25, -0.2) is 4.39 Å². The second-order valence-electron chi connectivity index (χ2n) is 3.38. The lowest BCUT2D eigenvalue weighted by Crippen LogP contribution is -2.13. The highest BCUT2D eigenvalue weighted by molar-refractivity contribution is 9.10. The molecule has 0 saturated carbocycles. The molecule has 2 N–H and O–H groups in total. The molecule has 0 heterocycles. The minimum absolute atomic E-state index is 0.135. The number of halogens is 2. The van der Waals surface area contributed by atoms with Crippen molar-refractivity contribution in [3.63, 3.8) is 0 Å². The van der Waals surface area contributed by atoms with Crippen LogP contribution in [0.15, 0.2) is 16.6 Å². The van der Waals surface area contributed by atoms with Crippen LogP contribution in [0.4, 0.5) is 10.1 Å². The van der Waals surface area contributed by atoms with Gasteiger partial charge in [0.2, 0.25) is 0 Å². The number of benzene rings is 1. The van der Waals surface area contributed by atoms with Gasteiger partial charge in [0.15, 0.2) is 0 Å². The number of anilines is 1. The van der Waals surface area contributed by atoms with Gasteiger partial charge in [-0.1, -0.05) is 15.9 Å². The molecule has 0 bridgehead atoms. The summed E-state index contributed by atoms with van der Waals surface area (Å²) >= 11 is 3.18. The molecule has 0 aliphatic carbocycles. The van der Waals surface area contributed by atoms with E-state index < -0.39 is 0 Å². The van der Waals surface area contributed by atoms with E-state index in [1.807, 2.05) is 13.8 Å². The third-order valence-corrected chi connectivity index (χ3v) is 2.20. The van der Waals surface area contributed by atoms with Crippen molar-refractivity contribution in [2.24, 2.45) is 0 Å². The van der Waals surface area contributed by atoms with Crippen molar-refractivity contribution in [1.82, 2.24) is 0 Å². The molecule has 0 atom stereocenters. The number of aliphatic hydroxyl groups excluding tert-OH is 1. The van der Waals surface area contributed by atoms with E-state index in [9.17, 15) is 4.39 Å². The summed E-state index contributed by atoms with van der Waals surface area (Å²) < 4.78 is 14.1. The predicted octanol–water partition coefficient (Wildman–Crippen LogP) is 2.90. The summed E-state index contributed by atoms with van der Waals surface area (Å²) in [5.74, 6) is -0.350. The van der Waals surface area contributed by atoms with Crippen LogP contribution in [0.5, 0.6) is 0 Å². The van der Waals surface area contributed by atoms with E-state index in [1.54, 1.807) is 6.07 Å². The highest BCUT2D eigenvalue weighted by Gasteiger charge is 2.10. The van der Waals surface area contributed by atoms with Gasteiger partial charge >= 0.3 is 0 Å². The van der Waals surface area contributed by atoms with Crippen LogP contribution in [-0.2, 0) is 6.61 Å². The van der Waals surface area contributed by atoms with Gasteiger partial charge in [-0.05, 0) is 26.0 Å². The lowest BCUT2D eigenvalue weighted by atomic mass is 10.1. The molecule has 0 unspecified atom stereocenters. The average molecular weight is 262 g/mol. The van der Waals surface area contributed by atoms with Gasteiger partial charge in [0.1, 0.15) is 5.82 Å². The normalized spacial score (nSPS) is 10.7. The zero-order valence-electron chi connectivity index (χ0n) is 8.14. The van der Waals surface area contributed by atoms with E-state index in [-0.39, 0.29) is 18.5 Å². The molecule has 0 aliphatic rings. The first-order valence-corrected chi connectivity index (χ1v) is 5.19. The van der Waals surface area contributed by atoms with Crippen LogP contribution in [0.3, 0.4) is 0 Å². The predicted molar refractivity (Wildman–Crippen MR) is 58.8 cm³/mol. The summed E-state index contributed by atoms with van der Waals surface area (Å²) in [6, 6.07) is 3.22. The zero-order chi connectivity index (χ0) is 10.7. The van der Waals surface area contributed by atoms with E-state index in [0.717, 1.165) is 0 Å². The van der Waals surface area contributed by atoms with Gasteiger partial charge in [0.05, 0.1) is 12.3 Å². The van der Waals surface area contributed by atoms with Crippen LogP contribution >= 0.6 is 15.9 Å². The van der Waals surface area contributed by atoms with Crippen LogP contribution in [0, 0.1) is 5.82 Å². The van der Waals surface area contributed by atoms with Crippen LogP contribution in [-0.4, -0.2) is 11.1 Å². The molecule has 0 aliphatic heterocycles. The van der Waals surface area contributed by atoms with E-state index in [2.05, 4.69) is 21.2 Å². The fourth-order valence-corrected chi connectivity index (χ4v) is 1.68. The van der Waals surface area contributed by atoms with E-state index in [4.69, 9.17) is 5.11 Å². The number of rotatable bonds is 3. The topological polar surface area (TPSA) is 32.3 Å². The van der Waals surface area contributed by atoms with Gasteiger partial charge in [-0.3, -0.25) is 0 Å². The molecular formula is C10H13BrFNO. The Morgan fingerprint density at radius 1 is 1.50 bits per heavy atom. The molecule has 0 aromatic heterocycles. The molecule has 1 aromatic carbocycles. The smallest absolute Gasteiger partial charge is 0.147 e. The summed E-state index contributed by atoms with van der Waals surface area (Å²) in [6.45, 7) is 3.66. The van der Waals surface area contributed by atoms with E-state index in [1.165, 1.54) is 6.07 Å². The Morgan fingerprint density at radius 3 is 2.64 bits per heavy atom. The molecule has 14 heavy (non-hydrogen) atoms. The fraction of sp³-hybridized carbons (Fsp3) is 0.400. The lowest BCUT2D eigenvalue weighted by Gasteiger charge is -2.14. The van der Waals surface area contributed by atoms with Gasteiger partial charge in [-0.2, -0.15) is 0 Å². The van der Waals surface area contributed by atoms with Gasteiger partial charge in [0, 0.05) is 16.1 Å². The van der Waals surface area contributed by atoms with Crippen molar-refractivity contribution in [2.45, 2.75) is 26.5 Å². The molecule has 0 amide bonds. The first kappa shape index (κ1) is 11.5. The molecule has 1 aromatic rings. The second kappa shape index (κ2) is 4.75. The minimum atomic E-state index is -0.350. The van der Waals surface area contributed by atoms with Crippen LogP contribution in [0.25, 0.3) is 0 Å². The van der Waals surface area contributed by atoms with Gasteiger partial charge < -0.3 is 10.4 Å². The second-order valence-corrected chi connectivity index (χ2v) is 4.29. The van der Waals surface area contributed by atoms with Crippen molar-refractivity contribution >= 4 is 21.6 Å². The van der Waals surface area contributed by atoms with Crippen molar-refractivity contribution in [1.29, 1.82) is 0 Å². The van der Waals surface area contributed by atoms with Crippen LogP contribution in [0.1, 0.15) is 19.4 Å². The highest BCUT2D eigenvalue weighted by atomic mass is 79.9. The van der Waals surface area contributed by atoms with Gasteiger partial charge in [-0.15, -0.1) is 0 Å². The minimum Gasteiger partial charge on any atom is -0.392 e. The van der Waals surface area contributed by atoms with Crippen LogP contribution in [0.2, 0.25) is 0 Å². The van der Waals surface area contributed by atoms with Crippen LogP contribution < -0.4 is 5.32 Å². The molecule has 0 fully saturated rings. The van der Waals surface area contributed by atoms with Gasteiger partial charge in [0.25, 0.3) is 0 Å². The quantitative estimate of drug-likeness (QED) is 0.877. The molecular weight excluding hydrogens is 249 g/mol. The summed E-state index contributed by atoms with van der Waals surface area (Å²) in [4.78, 5) is 0. The number of aliphatic hydroxyl groups is 1. The average Bonchev–Trinajstić information content (AvgIpc) is 2.08. The maximum Gasteiger partial charge on any atom is 0.147 e. The summed E-state index contributed by atoms with van der Waals surface area (Å²) in [5, 5.41) is 12.0. The molecule has 2 nitrogen and oxygen atoms in total. The zero-order valence-corrected chi connectivity index (χ0v) is 9.73. The Morgan fingerprint density at radius 2 is 2.14 bits per heavy atom. The Bertz CT molecular complexity index is 328. The Labute approximate surface area is 91.3 Å². The third-order valence-electron chi connectivity index (χ3n) is 1.74. The molecule has 0 saturated heterocycles. The largest absolute Gasteiger partial charge is 0.392 e. The first-order valence-electron chi connectivity index (χ1n) is 4.40. The van der Waals surface area contributed by atoms with Crippen molar-refractivity contribution in [3.8, 4) is 0 Å². The van der Waals surface area contributed by atoms with Crippen molar-refractivity contribution < 1.29 is 9.50 Å². The Hall–Kier alpha value is -0.610. The standard InChI is InChI=1S/C10H13BrFNO/c1-6(2)13-10-7(5-14)3-8(11)4-9(10)12/h3-4,6,13-14H,5H2,1-2H3. The number of hydrogen-bond donors (Lipinski definition) is 2. The molecule has 0 radical (unpaired) electrons. The highest BCUT2D eigenvalue weighted by Crippen LogP contribution is 2.25. The summed E-state index contributed by atoms with van der Waals surface area (Å²) in [6.07, 6.45) is 0. The summed E-state index contributed by atoms with van der Waals surface area (Å²) in [7, 11) is 0. The molecule has 1 rings (SSSR count). The fourth-order valence-electron chi connectivity index (χ4n) is 1.20. The molecule has 4 heteroatoms. The van der Waals surface area contributed by atoms with E-state index >= 15 is 0 Å². The summed E-state index contributed by atoms with van der Waals surface area (Å²) in [5.41, 5.74) is 0.941. The first-order chi connectivity index (χ1) is 6.54. The SMILES string of the molecule is CC(C)Nc1c(F)cc(Br)cc1CO. The Balaban J connectivity index is 3.11. The maximum atomic E-state index is 13.5. The molecule has 78 valence electrons. The number of hydrogen-bond acceptors (Lipinski definition) is 2. The maximum absolute atomic E-state index is 13.5. The van der Waals surface area contributed by atoms with Crippen molar-refractivity contribution in [3.05, 3.63) is 28.0 Å².